The van der Waals surface area contributed by atoms with Gasteiger partial charge in [0.05, 0.1) is 0 Å². The van der Waals surface area contributed by atoms with Crippen molar-refractivity contribution < 1.29 is 0 Å². The van der Waals surface area contributed by atoms with Crippen molar-refractivity contribution in [3.8, 4) is 0 Å². The molecule has 1 heteroatoms. The fourth-order valence-corrected chi connectivity index (χ4v) is 0.674. The summed E-state index contributed by atoms with van der Waals surface area (Å²) in [6, 6.07) is 0. The second kappa shape index (κ2) is 7.73. The van der Waals surface area contributed by atoms with E-state index in [4.69, 9.17) is 0 Å². The van der Waals surface area contributed by atoms with Crippen molar-refractivity contribution in [3.63, 3.8) is 0 Å². The molecule has 0 N–H and O–H groups in total. The minimum absolute atomic E-state index is 0.835. The molecule has 0 spiro atoms. The second-order valence-electron chi connectivity index (χ2n) is 2.21. The van der Waals surface area contributed by atoms with E-state index < -0.39 is 0 Å². The molecule has 0 amide bonds. The highest BCUT2D eigenvalue weighted by atomic mass is 14.6. The summed E-state index contributed by atoms with van der Waals surface area (Å²) in [5, 5.41) is 0. The van der Waals surface area contributed by atoms with Gasteiger partial charge in [-0.1, -0.05) is 43.5 Å². The molecule has 0 aromatic heterocycles. The maximum atomic E-state index is 3.89. The Bertz CT molecular complexity index is 219. The average Bonchev–Trinajstić information content (AvgIpc) is 2.11. The molecule has 0 aliphatic heterocycles. The van der Waals surface area contributed by atoms with Gasteiger partial charge in [-0.25, -0.2) is 0 Å². The summed E-state index contributed by atoms with van der Waals surface area (Å²) < 4.78 is 0. The van der Waals surface area contributed by atoms with Crippen molar-refractivity contribution in [2.24, 2.45) is 4.99 Å². The van der Waals surface area contributed by atoms with Gasteiger partial charge in [-0.15, -0.1) is 0 Å². The molecule has 0 unspecified atom stereocenters. The molecule has 0 saturated heterocycles. The van der Waals surface area contributed by atoms with E-state index >= 15 is 0 Å². The number of aliphatic imine (C=N–C) groups is 1. The zero-order chi connectivity index (χ0) is 9.23. The Morgan fingerprint density at radius 3 is 2.58 bits per heavy atom. The van der Waals surface area contributed by atoms with Gasteiger partial charge in [-0.05, 0) is 5.57 Å². The van der Waals surface area contributed by atoms with Gasteiger partial charge in [0.15, 0.2) is 0 Å². The zero-order valence-corrected chi connectivity index (χ0v) is 7.53. The molecule has 0 heterocycles. The van der Waals surface area contributed by atoms with Crippen molar-refractivity contribution in [3.05, 3.63) is 49.1 Å². The van der Waals surface area contributed by atoms with E-state index in [0.717, 1.165) is 12.0 Å². The van der Waals surface area contributed by atoms with E-state index in [2.05, 4.69) is 18.2 Å². The van der Waals surface area contributed by atoms with Gasteiger partial charge in [0, 0.05) is 19.7 Å². The van der Waals surface area contributed by atoms with Crippen LogP contribution in [0.2, 0.25) is 0 Å². The summed E-state index contributed by atoms with van der Waals surface area (Å²) in [5.74, 6) is 0. The number of nitrogens with zero attached hydrogens (tertiary/aromatic N) is 1. The van der Waals surface area contributed by atoms with Crippen LogP contribution < -0.4 is 0 Å². The quantitative estimate of drug-likeness (QED) is 0.434. The van der Waals surface area contributed by atoms with Crippen molar-refractivity contribution in [2.45, 2.75) is 6.42 Å². The van der Waals surface area contributed by atoms with Crippen LogP contribution in [0.5, 0.6) is 0 Å². The zero-order valence-electron chi connectivity index (χ0n) is 7.53. The molecule has 0 aliphatic carbocycles. The molecule has 1 nitrogen and oxygen atoms in total. The number of rotatable bonds is 5. The van der Waals surface area contributed by atoms with Crippen LogP contribution in [-0.4, -0.2) is 13.3 Å². The predicted molar refractivity (Wildman–Crippen MR) is 56.7 cm³/mol. The van der Waals surface area contributed by atoms with E-state index in [9.17, 15) is 0 Å². The summed E-state index contributed by atoms with van der Waals surface area (Å²) >= 11 is 0. The monoisotopic (exact) mass is 161 g/mol. The Morgan fingerprint density at radius 1 is 1.33 bits per heavy atom. The van der Waals surface area contributed by atoms with Gasteiger partial charge in [0.2, 0.25) is 0 Å². The first kappa shape index (κ1) is 10.6. The fraction of sp³-hybridized carbons (Fsp3) is 0.182. The maximum absolute atomic E-state index is 3.89. The van der Waals surface area contributed by atoms with Crippen LogP contribution in [0.1, 0.15) is 6.42 Å². The Morgan fingerprint density at radius 2 is 2.08 bits per heavy atom. The van der Waals surface area contributed by atoms with Crippen LogP contribution >= 0.6 is 0 Å². The Balaban J connectivity index is 4.12. The third-order valence-electron chi connectivity index (χ3n) is 1.33. The highest BCUT2D eigenvalue weighted by Gasteiger charge is 1.84. The molecule has 12 heavy (non-hydrogen) atoms. The van der Waals surface area contributed by atoms with Gasteiger partial charge < -0.3 is 4.99 Å². The standard InChI is InChI=1S/C11H15N/c1-4-6-7-8-11(5-2)9-10-12-3/h4-8,10H,1-2,9H2,3H3/b7-6-,11-8+,12-10+. The summed E-state index contributed by atoms with van der Waals surface area (Å²) in [4.78, 5) is 3.89. The second-order valence-corrected chi connectivity index (χ2v) is 2.21. The third kappa shape index (κ3) is 5.42. The Hall–Kier alpha value is -1.37. The van der Waals surface area contributed by atoms with Gasteiger partial charge in [-0.2, -0.15) is 0 Å². The highest BCUT2D eigenvalue weighted by Crippen LogP contribution is 2.00. The summed E-state index contributed by atoms with van der Waals surface area (Å²) in [7, 11) is 1.76. The maximum Gasteiger partial charge on any atom is 0.0273 e. The normalized spacial score (nSPS) is 12.6. The van der Waals surface area contributed by atoms with Gasteiger partial charge in [0.25, 0.3) is 0 Å². The van der Waals surface area contributed by atoms with E-state index in [1.807, 2.05) is 30.5 Å². The van der Waals surface area contributed by atoms with Crippen LogP contribution in [0.3, 0.4) is 0 Å². The number of hydrogen-bond acceptors (Lipinski definition) is 1. The van der Waals surface area contributed by atoms with Crippen molar-refractivity contribution in [2.75, 3.05) is 7.05 Å². The number of hydrogen-bond donors (Lipinski definition) is 0. The minimum atomic E-state index is 0.835. The Kier molecular flexibility index (Phi) is 6.85. The summed E-state index contributed by atoms with van der Waals surface area (Å²) in [6.07, 6.45) is 12.1. The molecule has 0 aromatic rings. The van der Waals surface area contributed by atoms with Crippen LogP contribution in [0.15, 0.2) is 54.1 Å². The van der Waals surface area contributed by atoms with Crippen LogP contribution in [0.4, 0.5) is 0 Å². The Labute approximate surface area is 74.5 Å². The third-order valence-corrected chi connectivity index (χ3v) is 1.33. The lowest BCUT2D eigenvalue weighted by Crippen LogP contribution is -1.78. The molecule has 0 fully saturated rings. The first-order chi connectivity index (χ1) is 5.85. The molecule has 0 atom stereocenters. The molecular formula is C11H15N. The molecular weight excluding hydrogens is 146 g/mol. The molecule has 0 radical (unpaired) electrons. The highest BCUT2D eigenvalue weighted by molar-refractivity contribution is 5.62. The average molecular weight is 161 g/mol. The van der Waals surface area contributed by atoms with Crippen molar-refractivity contribution in [1.82, 2.24) is 0 Å². The lowest BCUT2D eigenvalue weighted by Gasteiger charge is -1.91. The van der Waals surface area contributed by atoms with Crippen LogP contribution in [0, 0.1) is 0 Å². The van der Waals surface area contributed by atoms with Crippen LogP contribution in [-0.2, 0) is 0 Å². The topological polar surface area (TPSA) is 12.4 Å². The molecule has 64 valence electrons. The molecule has 0 aliphatic rings. The van der Waals surface area contributed by atoms with Crippen molar-refractivity contribution in [1.29, 1.82) is 0 Å². The largest absolute Gasteiger partial charge is 0.301 e. The van der Waals surface area contributed by atoms with E-state index in [-0.39, 0.29) is 0 Å². The fourth-order valence-electron chi connectivity index (χ4n) is 0.674. The first-order valence-electron chi connectivity index (χ1n) is 3.86. The molecule has 0 bridgehead atoms. The lowest BCUT2D eigenvalue weighted by atomic mass is 10.2. The van der Waals surface area contributed by atoms with Crippen LogP contribution in [0.25, 0.3) is 0 Å². The summed E-state index contributed by atoms with van der Waals surface area (Å²) in [6.45, 7) is 7.28. The van der Waals surface area contributed by atoms with Gasteiger partial charge in [-0.3, -0.25) is 0 Å². The van der Waals surface area contributed by atoms with Gasteiger partial charge >= 0.3 is 0 Å². The number of allylic oxidation sites excluding steroid dienone is 6. The molecule has 0 saturated carbocycles. The smallest absolute Gasteiger partial charge is 0.0273 e. The van der Waals surface area contributed by atoms with E-state index in [1.54, 1.807) is 13.1 Å². The van der Waals surface area contributed by atoms with E-state index in [1.165, 1.54) is 0 Å². The van der Waals surface area contributed by atoms with Crippen molar-refractivity contribution >= 4 is 6.21 Å². The predicted octanol–water partition coefficient (Wildman–Crippen LogP) is 2.93. The SMILES string of the molecule is C=C/C=C\C=C(/C=C)C/C=N/C. The first-order valence-corrected chi connectivity index (χ1v) is 3.86. The molecule has 0 aromatic carbocycles. The molecule has 0 rings (SSSR count). The van der Waals surface area contributed by atoms with E-state index in [0.29, 0.717) is 0 Å². The van der Waals surface area contributed by atoms with Gasteiger partial charge in [0.1, 0.15) is 0 Å². The summed E-state index contributed by atoms with van der Waals surface area (Å²) in [5.41, 5.74) is 1.15. The minimum Gasteiger partial charge on any atom is -0.301 e. The lowest BCUT2D eigenvalue weighted by molar-refractivity contribution is 1.34.